The number of rotatable bonds is 4. The molecule has 2 aromatic carbocycles. The Labute approximate surface area is 127 Å². The minimum Gasteiger partial charge on any atom is -0.480 e. The van der Waals surface area contributed by atoms with Gasteiger partial charge in [0.2, 0.25) is 0 Å². The number of aryl methyl sites for hydroxylation is 1. The Balaban J connectivity index is 2.40. The fraction of sp³-hybridized carbons (Fsp3) is 0.125. The van der Waals surface area contributed by atoms with Crippen molar-refractivity contribution in [3.8, 4) is 0 Å². The van der Waals surface area contributed by atoms with E-state index < -0.39 is 12.5 Å². The highest BCUT2D eigenvalue weighted by Crippen LogP contribution is 2.21. The number of amides is 1. The minimum absolute atomic E-state index is 0.349. The largest absolute Gasteiger partial charge is 0.480 e. The van der Waals surface area contributed by atoms with Gasteiger partial charge in [0, 0.05) is 16.3 Å². The molecule has 0 saturated carbocycles. The summed E-state index contributed by atoms with van der Waals surface area (Å²) in [6.45, 7) is 1.41. The van der Waals surface area contributed by atoms with Crippen molar-refractivity contribution in [3.63, 3.8) is 0 Å². The molecular formula is C16H14ClNO3. The third kappa shape index (κ3) is 3.61. The van der Waals surface area contributed by atoms with Crippen LogP contribution in [0.5, 0.6) is 0 Å². The molecule has 4 nitrogen and oxygen atoms in total. The predicted octanol–water partition coefficient (Wildman–Crippen LogP) is 3.38. The second-order valence-corrected chi connectivity index (χ2v) is 5.01. The Hall–Kier alpha value is -2.33. The van der Waals surface area contributed by atoms with Gasteiger partial charge in [-0.15, -0.1) is 0 Å². The number of carboxylic acids is 1. The summed E-state index contributed by atoms with van der Waals surface area (Å²) in [4.78, 5) is 24.9. The molecule has 2 aromatic rings. The number of nitrogens with zero attached hydrogens (tertiary/aromatic N) is 1. The van der Waals surface area contributed by atoms with Crippen molar-refractivity contribution in [2.75, 3.05) is 11.4 Å². The van der Waals surface area contributed by atoms with Crippen molar-refractivity contribution < 1.29 is 14.7 Å². The van der Waals surface area contributed by atoms with Crippen molar-refractivity contribution in [2.24, 2.45) is 0 Å². The maximum absolute atomic E-state index is 12.6. The Morgan fingerprint density at radius 3 is 2.29 bits per heavy atom. The zero-order valence-electron chi connectivity index (χ0n) is 11.4. The van der Waals surface area contributed by atoms with Crippen LogP contribution in [0, 0.1) is 6.92 Å². The maximum atomic E-state index is 12.6. The first kappa shape index (κ1) is 15.1. The van der Waals surface area contributed by atoms with Gasteiger partial charge in [0.25, 0.3) is 5.91 Å². The summed E-state index contributed by atoms with van der Waals surface area (Å²) in [5, 5.41) is 9.57. The summed E-state index contributed by atoms with van der Waals surface area (Å²) < 4.78 is 0. The number of carbonyl (C=O) groups excluding carboxylic acids is 1. The molecule has 0 heterocycles. The molecule has 108 valence electrons. The van der Waals surface area contributed by atoms with Crippen LogP contribution in [0.2, 0.25) is 5.02 Å². The van der Waals surface area contributed by atoms with Crippen LogP contribution in [0.4, 0.5) is 5.69 Å². The molecular weight excluding hydrogens is 290 g/mol. The highest BCUT2D eigenvalue weighted by Gasteiger charge is 2.21. The quantitative estimate of drug-likeness (QED) is 0.942. The first-order valence-electron chi connectivity index (χ1n) is 6.34. The average molecular weight is 304 g/mol. The molecule has 21 heavy (non-hydrogen) atoms. The number of hydrogen-bond donors (Lipinski definition) is 1. The van der Waals surface area contributed by atoms with Crippen molar-refractivity contribution >= 4 is 29.2 Å². The first-order chi connectivity index (χ1) is 9.99. The van der Waals surface area contributed by atoms with Crippen LogP contribution < -0.4 is 4.90 Å². The molecule has 0 fully saturated rings. The third-order valence-corrected chi connectivity index (χ3v) is 3.30. The van der Waals surface area contributed by atoms with E-state index in [2.05, 4.69) is 0 Å². The fourth-order valence-corrected chi connectivity index (χ4v) is 2.12. The molecule has 1 amide bonds. The van der Waals surface area contributed by atoms with Gasteiger partial charge in [0.05, 0.1) is 0 Å². The van der Waals surface area contributed by atoms with Crippen molar-refractivity contribution in [1.29, 1.82) is 0 Å². The molecule has 5 heteroatoms. The summed E-state index contributed by atoms with van der Waals surface area (Å²) in [5.41, 5.74) is 1.77. The normalized spacial score (nSPS) is 10.2. The van der Waals surface area contributed by atoms with Gasteiger partial charge >= 0.3 is 5.97 Å². The molecule has 0 spiro atoms. The lowest BCUT2D eigenvalue weighted by molar-refractivity contribution is -0.135. The average Bonchev–Trinajstić information content (AvgIpc) is 2.45. The molecule has 0 saturated heterocycles. The highest BCUT2D eigenvalue weighted by molar-refractivity contribution is 6.30. The zero-order chi connectivity index (χ0) is 15.4. The zero-order valence-corrected chi connectivity index (χ0v) is 12.2. The van der Waals surface area contributed by atoms with Gasteiger partial charge in [-0.2, -0.15) is 0 Å². The summed E-state index contributed by atoms with van der Waals surface area (Å²) in [6.07, 6.45) is 0. The van der Waals surface area contributed by atoms with E-state index in [0.29, 0.717) is 16.3 Å². The lowest BCUT2D eigenvalue weighted by atomic mass is 10.1. The number of hydrogen-bond acceptors (Lipinski definition) is 2. The second-order valence-electron chi connectivity index (χ2n) is 4.58. The van der Waals surface area contributed by atoms with Crippen LogP contribution in [0.3, 0.4) is 0 Å². The van der Waals surface area contributed by atoms with Crippen molar-refractivity contribution in [2.45, 2.75) is 6.92 Å². The number of benzene rings is 2. The van der Waals surface area contributed by atoms with Gasteiger partial charge < -0.3 is 5.11 Å². The second kappa shape index (κ2) is 6.41. The van der Waals surface area contributed by atoms with Gasteiger partial charge in [0.1, 0.15) is 6.54 Å². The van der Waals surface area contributed by atoms with Crippen molar-refractivity contribution in [1.82, 2.24) is 0 Å². The van der Waals surface area contributed by atoms with E-state index in [1.54, 1.807) is 36.4 Å². The van der Waals surface area contributed by atoms with E-state index in [9.17, 15) is 9.59 Å². The standard InChI is InChI=1S/C16H14ClNO3/c1-11-4-2-3-5-14(11)16(21)18(10-15(19)20)13-8-6-12(17)7-9-13/h2-9H,10H2,1H3,(H,19,20). The number of carboxylic acid groups (broad SMARTS) is 1. The fourth-order valence-electron chi connectivity index (χ4n) is 1.99. The van der Waals surface area contributed by atoms with Crippen LogP contribution in [0.15, 0.2) is 48.5 Å². The molecule has 1 N–H and O–H groups in total. The Kier molecular flexibility index (Phi) is 4.60. The SMILES string of the molecule is Cc1ccccc1C(=O)N(CC(=O)O)c1ccc(Cl)cc1. The van der Waals surface area contributed by atoms with E-state index in [4.69, 9.17) is 16.7 Å². The van der Waals surface area contributed by atoms with Gasteiger partial charge in [-0.3, -0.25) is 14.5 Å². The summed E-state index contributed by atoms with van der Waals surface area (Å²) in [7, 11) is 0. The molecule has 0 aromatic heterocycles. The monoisotopic (exact) mass is 303 g/mol. The van der Waals surface area contributed by atoms with Crippen LogP contribution >= 0.6 is 11.6 Å². The molecule has 2 rings (SSSR count). The van der Waals surface area contributed by atoms with E-state index in [-0.39, 0.29) is 5.91 Å². The lowest BCUT2D eigenvalue weighted by Crippen LogP contribution is -2.36. The van der Waals surface area contributed by atoms with Crippen LogP contribution in [0.25, 0.3) is 0 Å². The van der Waals surface area contributed by atoms with E-state index in [1.165, 1.54) is 4.90 Å². The summed E-state index contributed by atoms with van der Waals surface area (Å²) >= 11 is 5.82. The Morgan fingerprint density at radius 1 is 1.10 bits per heavy atom. The summed E-state index contributed by atoms with van der Waals surface area (Å²) in [6, 6.07) is 13.6. The Morgan fingerprint density at radius 2 is 1.71 bits per heavy atom. The number of halogens is 1. The summed E-state index contributed by atoms with van der Waals surface area (Å²) in [5.74, 6) is -1.43. The number of anilines is 1. The third-order valence-electron chi connectivity index (χ3n) is 3.05. The predicted molar refractivity (Wildman–Crippen MR) is 81.9 cm³/mol. The molecule has 0 bridgehead atoms. The number of aliphatic carboxylic acids is 1. The molecule has 0 aliphatic rings. The smallest absolute Gasteiger partial charge is 0.323 e. The van der Waals surface area contributed by atoms with Gasteiger partial charge in [-0.05, 0) is 42.8 Å². The van der Waals surface area contributed by atoms with Crippen molar-refractivity contribution in [3.05, 3.63) is 64.7 Å². The maximum Gasteiger partial charge on any atom is 0.323 e. The van der Waals surface area contributed by atoms with Gasteiger partial charge in [-0.25, -0.2) is 0 Å². The van der Waals surface area contributed by atoms with E-state index in [1.807, 2.05) is 19.1 Å². The molecule has 0 aliphatic carbocycles. The first-order valence-corrected chi connectivity index (χ1v) is 6.71. The van der Waals surface area contributed by atoms with Gasteiger partial charge in [-0.1, -0.05) is 29.8 Å². The highest BCUT2D eigenvalue weighted by atomic mass is 35.5. The Bertz CT molecular complexity index is 667. The van der Waals surface area contributed by atoms with Crippen LogP contribution in [-0.4, -0.2) is 23.5 Å². The van der Waals surface area contributed by atoms with Gasteiger partial charge in [0.15, 0.2) is 0 Å². The van der Waals surface area contributed by atoms with Crippen LogP contribution in [-0.2, 0) is 4.79 Å². The molecule has 0 aliphatic heterocycles. The number of carbonyl (C=O) groups is 2. The lowest BCUT2D eigenvalue weighted by Gasteiger charge is -2.22. The topological polar surface area (TPSA) is 57.6 Å². The van der Waals surface area contributed by atoms with E-state index in [0.717, 1.165) is 5.56 Å². The molecule has 0 radical (unpaired) electrons. The molecule has 0 unspecified atom stereocenters. The minimum atomic E-state index is -1.08. The molecule has 0 atom stereocenters. The van der Waals surface area contributed by atoms with Crippen LogP contribution in [0.1, 0.15) is 15.9 Å². The van der Waals surface area contributed by atoms with E-state index >= 15 is 0 Å².